The van der Waals surface area contributed by atoms with Crippen molar-refractivity contribution < 1.29 is 8.42 Å². The highest BCUT2D eigenvalue weighted by Gasteiger charge is 2.27. The molecule has 1 aromatic carbocycles. The van der Waals surface area contributed by atoms with Crippen LogP contribution in [0, 0.1) is 6.92 Å². The van der Waals surface area contributed by atoms with Gasteiger partial charge in [0.25, 0.3) is 0 Å². The molecule has 0 amide bonds. The van der Waals surface area contributed by atoms with Gasteiger partial charge < -0.3 is 5.73 Å². The molecule has 4 nitrogen and oxygen atoms in total. The minimum atomic E-state index is -3.48. The highest BCUT2D eigenvalue weighted by Crippen LogP contribution is 2.13. The van der Waals surface area contributed by atoms with Crippen LogP contribution in [0.2, 0.25) is 0 Å². The number of nitrogens with two attached hydrogens (primary N) is 1. The maximum Gasteiger partial charge on any atom is 0.223 e. The van der Waals surface area contributed by atoms with Crippen LogP contribution in [0.5, 0.6) is 0 Å². The smallest absolute Gasteiger partial charge is 0.223 e. The molecule has 0 bridgehead atoms. The number of aryl methyl sites for hydroxylation is 1. The SMILES string of the molecule is Cc1cccc(CN(C)S(=O)(=O)C(C)C(N)=S)c1. The molecule has 0 aromatic heterocycles. The standard InChI is InChI=1S/C12H18N2O2S2/c1-9-5-4-6-11(7-9)8-14(3)18(15,16)10(2)12(13)17/h4-7,10H,8H2,1-3H3,(H2,13,17). The minimum absolute atomic E-state index is 0.00825. The van der Waals surface area contributed by atoms with Gasteiger partial charge in [-0.2, -0.15) is 0 Å². The zero-order valence-corrected chi connectivity index (χ0v) is 12.4. The Labute approximate surface area is 114 Å². The predicted octanol–water partition coefficient (Wildman–Crippen LogP) is 1.43. The summed E-state index contributed by atoms with van der Waals surface area (Å²) in [7, 11) is -1.95. The van der Waals surface area contributed by atoms with E-state index < -0.39 is 15.3 Å². The van der Waals surface area contributed by atoms with Gasteiger partial charge in [0.1, 0.15) is 5.25 Å². The zero-order chi connectivity index (χ0) is 13.9. The Hall–Kier alpha value is -0.980. The normalized spacial score (nSPS) is 13.6. The summed E-state index contributed by atoms with van der Waals surface area (Å²) in [5, 5.41) is -0.845. The van der Waals surface area contributed by atoms with Crippen molar-refractivity contribution in [1.82, 2.24) is 4.31 Å². The average molecular weight is 286 g/mol. The molecule has 100 valence electrons. The van der Waals surface area contributed by atoms with Gasteiger partial charge in [0.05, 0.1) is 4.99 Å². The van der Waals surface area contributed by atoms with Gasteiger partial charge in [-0.3, -0.25) is 0 Å². The number of hydrogen-bond donors (Lipinski definition) is 1. The van der Waals surface area contributed by atoms with E-state index in [1.54, 1.807) is 0 Å². The molecule has 0 spiro atoms. The van der Waals surface area contributed by atoms with Gasteiger partial charge in [-0.15, -0.1) is 0 Å². The molecule has 1 aromatic rings. The molecule has 18 heavy (non-hydrogen) atoms. The van der Waals surface area contributed by atoms with Crippen molar-refractivity contribution in [2.75, 3.05) is 7.05 Å². The van der Waals surface area contributed by atoms with E-state index in [4.69, 9.17) is 18.0 Å². The Morgan fingerprint density at radius 1 is 1.50 bits per heavy atom. The van der Waals surface area contributed by atoms with E-state index in [2.05, 4.69) is 0 Å². The van der Waals surface area contributed by atoms with Gasteiger partial charge >= 0.3 is 0 Å². The third-order valence-electron chi connectivity index (χ3n) is 2.77. The molecular weight excluding hydrogens is 268 g/mol. The Balaban J connectivity index is 2.89. The lowest BCUT2D eigenvalue weighted by atomic mass is 10.1. The van der Waals surface area contributed by atoms with Gasteiger partial charge in [-0.05, 0) is 19.4 Å². The quantitative estimate of drug-likeness (QED) is 0.832. The molecule has 0 heterocycles. The number of hydrogen-bond acceptors (Lipinski definition) is 3. The van der Waals surface area contributed by atoms with Crippen molar-refractivity contribution >= 4 is 27.2 Å². The summed E-state index contributed by atoms with van der Waals surface area (Å²) in [4.78, 5) is -0.00825. The summed E-state index contributed by atoms with van der Waals surface area (Å²) < 4.78 is 25.5. The largest absolute Gasteiger partial charge is 0.392 e. The number of rotatable bonds is 5. The van der Waals surface area contributed by atoms with E-state index in [-0.39, 0.29) is 4.99 Å². The molecular formula is C12H18N2O2S2. The first-order valence-corrected chi connectivity index (χ1v) is 7.46. The van der Waals surface area contributed by atoms with Crippen molar-refractivity contribution in [3.8, 4) is 0 Å². The second kappa shape index (κ2) is 5.77. The van der Waals surface area contributed by atoms with Crippen molar-refractivity contribution in [3.63, 3.8) is 0 Å². The molecule has 0 fully saturated rings. The van der Waals surface area contributed by atoms with Crippen molar-refractivity contribution in [2.45, 2.75) is 25.6 Å². The topological polar surface area (TPSA) is 63.4 Å². The third kappa shape index (κ3) is 3.51. The van der Waals surface area contributed by atoms with Crippen molar-refractivity contribution in [1.29, 1.82) is 0 Å². The lowest BCUT2D eigenvalue weighted by Crippen LogP contribution is -2.40. The Morgan fingerprint density at radius 2 is 2.11 bits per heavy atom. The summed E-state index contributed by atoms with van der Waals surface area (Å²) in [5.74, 6) is 0. The summed E-state index contributed by atoms with van der Waals surface area (Å²) in [6.45, 7) is 3.79. The van der Waals surface area contributed by atoms with Crippen LogP contribution in [-0.4, -0.2) is 30.0 Å². The van der Waals surface area contributed by atoms with E-state index in [9.17, 15) is 8.42 Å². The maximum atomic E-state index is 12.1. The summed E-state index contributed by atoms with van der Waals surface area (Å²) >= 11 is 4.74. The van der Waals surface area contributed by atoms with Crippen LogP contribution in [0.3, 0.4) is 0 Å². The average Bonchev–Trinajstić information content (AvgIpc) is 2.27. The zero-order valence-electron chi connectivity index (χ0n) is 10.8. The van der Waals surface area contributed by atoms with Gasteiger partial charge in [-0.25, -0.2) is 12.7 Å². The molecule has 1 unspecified atom stereocenters. The number of thiocarbonyl (C=S) groups is 1. The molecule has 0 aliphatic rings. The molecule has 0 saturated heterocycles. The monoisotopic (exact) mass is 286 g/mol. The first kappa shape index (κ1) is 15.1. The van der Waals surface area contributed by atoms with Gasteiger partial charge in [-0.1, -0.05) is 42.0 Å². The highest BCUT2D eigenvalue weighted by atomic mass is 32.2. The molecule has 2 N–H and O–H groups in total. The Bertz CT molecular complexity index is 541. The van der Waals surface area contributed by atoms with Gasteiger partial charge in [0.2, 0.25) is 10.0 Å². The summed E-state index contributed by atoms with van der Waals surface area (Å²) in [6.07, 6.45) is 0. The van der Waals surface area contributed by atoms with Crippen LogP contribution in [0.4, 0.5) is 0 Å². The second-order valence-corrected chi connectivity index (χ2v) is 7.17. The van der Waals surface area contributed by atoms with Gasteiger partial charge in [0.15, 0.2) is 0 Å². The molecule has 0 aliphatic heterocycles. The highest BCUT2D eigenvalue weighted by molar-refractivity contribution is 7.92. The van der Waals surface area contributed by atoms with Crippen LogP contribution >= 0.6 is 12.2 Å². The van der Waals surface area contributed by atoms with E-state index >= 15 is 0 Å². The summed E-state index contributed by atoms with van der Waals surface area (Å²) in [5.41, 5.74) is 7.44. The molecule has 1 atom stereocenters. The van der Waals surface area contributed by atoms with Gasteiger partial charge in [0, 0.05) is 13.6 Å². The van der Waals surface area contributed by atoms with Crippen LogP contribution in [0.1, 0.15) is 18.1 Å². The third-order valence-corrected chi connectivity index (χ3v) is 5.42. The van der Waals surface area contributed by atoms with Crippen LogP contribution < -0.4 is 5.73 Å². The van der Waals surface area contributed by atoms with Crippen LogP contribution in [0.15, 0.2) is 24.3 Å². The maximum absolute atomic E-state index is 12.1. The fraction of sp³-hybridized carbons (Fsp3) is 0.417. The fourth-order valence-electron chi connectivity index (χ4n) is 1.57. The fourth-order valence-corrected chi connectivity index (χ4v) is 3.10. The Morgan fingerprint density at radius 3 is 2.61 bits per heavy atom. The molecule has 1 rings (SSSR count). The van der Waals surface area contributed by atoms with Crippen molar-refractivity contribution in [3.05, 3.63) is 35.4 Å². The number of sulfonamides is 1. The minimum Gasteiger partial charge on any atom is -0.392 e. The first-order valence-electron chi connectivity index (χ1n) is 5.55. The molecule has 0 aliphatic carbocycles. The molecule has 0 radical (unpaired) electrons. The van der Waals surface area contributed by atoms with E-state index in [0.717, 1.165) is 11.1 Å². The van der Waals surface area contributed by atoms with E-state index in [1.807, 2.05) is 31.2 Å². The lowest BCUT2D eigenvalue weighted by molar-refractivity contribution is 0.464. The second-order valence-electron chi connectivity index (χ2n) is 4.33. The predicted molar refractivity (Wildman–Crippen MR) is 77.8 cm³/mol. The van der Waals surface area contributed by atoms with Crippen LogP contribution in [-0.2, 0) is 16.6 Å². The molecule has 6 heteroatoms. The molecule has 0 saturated carbocycles. The van der Waals surface area contributed by atoms with E-state index in [0.29, 0.717) is 6.54 Å². The van der Waals surface area contributed by atoms with Crippen LogP contribution in [0.25, 0.3) is 0 Å². The summed E-state index contributed by atoms with van der Waals surface area (Å²) in [6, 6.07) is 7.72. The first-order chi connectivity index (χ1) is 8.25. The van der Waals surface area contributed by atoms with E-state index in [1.165, 1.54) is 18.3 Å². The van der Waals surface area contributed by atoms with Crippen molar-refractivity contribution in [2.24, 2.45) is 5.73 Å². The number of benzene rings is 1. The lowest BCUT2D eigenvalue weighted by Gasteiger charge is -2.21. The Kier molecular flexibility index (Phi) is 4.84. The number of nitrogens with zero attached hydrogens (tertiary/aromatic N) is 1.